The summed E-state index contributed by atoms with van der Waals surface area (Å²) < 4.78 is 7.40. The fourth-order valence-electron chi connectivity index (χ4n) is 2.55. The maximum Gasteiger partial charge on any atom is 0.271 e. The first-order chi connectivity index (χ1) is 8.63. The third kappa shape index (κ3) is 1.42. The van der Waals surface area contributed by atoms with Gasteiger partial charge in [0.15, 0.2) is 11.4 Å². The molecule has 0 radical (unpaired) electrons. The predicted molar refractivity (Wildman–Crippen MR) is 70.5 cm³/mol. The van der Waals surface area contributed by atoms with Gasteiger partial charge in [0.25, 0.3) is 5.91 Å². The minimum absolute atomic E-state index is 0.0997. The lowest BCUT2D eigenvalue weighted by atomic mass is 10.2. The van der Waals surface area contributed by atoms with Crippen LogP contribution in [0.15, 0.2) is 18.2 Å². The summed E-state index contributed by atoms with van der Waals surface area (Å²) in [5, 5.41) is 4.44. The minimum atomic E-state index is -0.0997. The summed E-state index contributed by atoms with van der Waals surface area (Å²) in [6.45, 7) is 2.67. The van der Waals surface area contributed by atoms with Gasteiger partial charge in [0.1, 0.15) is 0 Å². The topological polar surface area (TPSA) is 43.3 Å². The number of methoxy groups -OCH3 is 1. The fourth-order valence-corrected chi connectivity index (χ4v) is 2.71. The van der Waals surface area contributed by atoms with Crippen LogP contribution < -0.4 is 10.1 Å². The van der Waals surface area contributed by atoms with Crippen LogP contribution in [0, 0.1) is 0 Å². The SMILES string of the molecule is COc1c2n(c3cc(Cl)ccc13)C(C)CNC2=O. The summed E-state index contributed by atoms with van der Waals surface area (Å²) in [5.41, 5.74) is 1.52. The molecule has 1 aliphatic heterocycles. The van der Waals surface area contributed by atoms with Crippen LogP contribution in [-0.2, 0) is 0 Å². The van der Waals surface area contributed by atoms with Crippen LogP contribution >= 0.6 is 11.6 Å². The molecule has 1 unspecified atom stereocenters. The first-order valence-corrected chi connectivity index (χ1v) is 6.17. The average Bonchev–Trinajstić information content (AvgIpc) is 2.68. The lowest BCUT2D eigenvalue weighted by molar-refractivity contribution is 0.0915. The molecule has 0 saturated heterocycles. The van der Waals surface area contributed by atoms with E-state index in [0.29, 0.717) is 23.0 Å². The van der Waals surface area contributed by atoms with E-state index < -0.39 is 0 Å². The standard InChI is InChI=1S/C13H13ClN2O2/c1-7-6-15-13(17)11-12(18-2)9-4-3-8(14)5-10(9)16(7)11/h3-5,7H,6H2,1-2H3,(H,15,17). The van der Waals surface area contributed by atoms with Crippen molar-refractivity contribution in [1.29, 1.82) is 0 Å². The molecular weight excluding hydrogens is 252 g/mol. The number of hydrogen-bond acceptors (Lipinski definition) is 2. The van der Waals surface area contributed by atoms with Gasteiger partial charge in [-0.2, -0.15) is 0 Å². The number of carbonyl (C=O) groups is 1. The molecule has 0 fully saturated rings. The molecule has 0 spiro atoms. The molecule has 5 heteroatoms. The molecule has 3 rings (SSSR count). The monoisotopic (exact) mass is 264 g/mol. The normalized spacial score (nSPS) is 18.6. The number of fused-ring (bicyclic) bond motifs is 3. The van der Waals surface area contributed by atoms with E-state index in [0.717, 1.165) is 10.9 Å². The van der Waals surface area contributed by atoms with Gasteiger partial charge in [-0.05, 0) is 25.1 Å². The van der Waals surface area contributed by atoms with Crippen molar-refractivity contribution in [2.75, 3.05) is 13.7 Å². The number of rotatable bonds is 1. The van der Waals surface area contributed by atoms with Crippen LogP contribution in [0.4, 0.5) is 0 Å². The maximum atomic E-state index is 12.0. The number of ether oxygens (including phenoxy) is 1. The Morgan fingerprint density at radius 3 is 3.00 bits per heavy atom. The molecule has 2 heterocycles. The lowest BCUT2D eigenvalue weighted by Crippen LogP contribution is -2.37. The second-order valence-corrected chi connectivity index (χ2v) is 4.91. The Labute approximate surface area is 109 Å². The smallest absolute Gasteiger partial charge is 0.271 e. The Morgan fingerprint density at radius 2 is 2.28 bits per heavy atom. The average molecular weight is 265 g/mol. The summed E-state index contributed by atoms with van der Waals surface area (Å²) in [5.74, 6) is 0.517. The first kappa shape index (κ1) is 11.4. The van der Waals surface area contributed by atoms with Crippen molar-refractivity contribution in [2.45, 2.75) is 13.0 Å². The van der Waals surface area contributed by atoms with E-state index in [1.54, 1.807) is 13.2 Å². The molecule has 1 atom stereocenters. The van der Waals surface area contributed by atoms with Crippen molar-refractivity contribution >= 4 is 28.4 Å². The highest BCUT2D eigenvalue weighted by Gasteiger charge is 2.29. The zero-order valence-corrected chi connectivity index (χ0v) is 10.9. The van der Waals surface area contributed by atoms with Crippen LogP contribution in [0.3, 0.4) is 0 Å². The Kier molecular flexibility index (Phi) is 2.48. The molecule has 1 amide bonds. The summed E-state index contributed by atoms with van der Waals surface area (Å²) in [6, 6.07) is 5.75. The lowest BCUT2D eigenvalue weighted by Gasteiger charge is -2.24. The van der Waals surface area contributed by atoms with Gasteiger partial charge >= 0.3 is 0 Å². The Hall–Kier alpha value is -1.68. The van der Waals surface area contributed by atoms with Crippen LogP contribution in [-0.4, -0.2) is 24.1 Å². The highest BCUT2D eigenvalue weighted by molar-refractivity contribution is 6.31. The summed E-state index contributed by atoms with van der Waals surface area (Å²) in [6.07, 6.45) is 0. The fraction of sp³-hybridized carbons (Fsp3) is 0.308. The molecule has 1 N–H and O–H groups in total. The van der Waals surface area contributed by atoms with E-state index >= 15 is 0 Å². The molecule has 1 aromatic heterocycles. The second kappa shape index (κ2) is 3.92. The molecule has 0 aliphatic carbocycles. The molecule has 18 heavy (non-hydrogen) atoms. The third-order valence-corrected chi connectivity index (χ3v) is 3.57. The van der Waals surface area contributed by atoms with Crippen LogP contribution in [0.2, 0.25) is 5.02 Å². The van der Waals surface area contributed by atoms with E-state index in [4.69, 9.17) is 16.3 Å². The number of nitrogens with one attached hydrogen (secondary N) is 1. The van der Waals surface area contributed by atoms with Gasteiger partial charge in [0.2, 0.25) is 0 Å². The highest BCUT2D eigenvalue weighted by atomic mass is 35.5. The Balaban J connectivity index is 2.45. The zero-order chi connectivity index (χ0) is 12.9. The van der Waals surface area contributed by atoms with E-state index in [-0.39, 0.29) is 11.9 Å². The number of carbonyl (C=O) groups excluding carboxylic acids is 1. The van der Waals surface area contributed by atoms with Crippen molar-refractivity contribution in [3.8, 4) is 5.75 Å². The van der Waals surface area contributed by atoms with E-state index in [9.17, 15) is 4.79 Å². The molecule has 1 aliphatic rings. The van der Waals surface area contributed by atoms with Gasteiger partial charge < -0.3 is 14.6 Å². The Morgan fingerprint density at radius 1 is 1.50 bits per heavy atom. The van der Waals surface area contributed by atoms with Crippen molar-refractivity contribution in [1.82, 2.24) is 9.88 Å². The largest absolute Gasteiger partial charge is 0.494 e. The van der Waals surface area contributed by atoms with Crippen molar-refractivity contribution < 1.29 is 9.53 Å². The number of hydrogen-bond donors (Lipinski definition) is 1. The summed E-state index contributed by atoms with van der Waals surface area (Å²) in [4.78, 5) is 12.0. The van der Waals surface area contributed by atoms with Crippen LogP contribution in [0.25, 0.3) is 10.9 Å². The molecule has 94 valence electrons. The van der Waals surface area contributed by atoms with Crippen LogP contribution in [0.1, 0.15) is 23.5 Å². The van der Waals surface area contributed by atoms with Gasteiger partial charge in [-0.1, -0.05) is 11.6 Å². The van der Waals surface area contributed by atoms with Crippen LogP contribution in [0.5, 0.6) is 5.75 Å². The summed E-state index contributed by atoms with van der Waals surface area (Å²) >= 11 is 6.04. The first-order valence-electron chi connectivity index (χ1n) is 5.79. The van der Waals surface area contributed by atoms with Gasteiger partial charge in [-0.3, -0.25) is 4.79 Å². The number of benzene rings is 1. The van der Waals surface area contributed by atoms with Gasteiger partial charge in [-0.15, -0.1) is 0 Å². The van der Waals surface area contributed by atoms with E-state index in [2.05, 4.69) is 12.2 Å². The van der Waals surface area contributed by atoms with Crippen molar-refractivity contribution in [2.24, 2.45) is 0 Å². The van der Waals surface area contributed by atoms with Crippen molar-refractivity contribution in [3.05, 3.63) is 28.9 Å². The quantitative estimate of drug-likeness (QED) is 0.860. The van der Waals surface area contributed by atoms with Gasteiger partial charge in [0.05, 0.1) is 12.6 Å². The maximum absolute atomic E-state index is 12.0. The molecular formula is C13H13ClN2O2. The van der Waals surface area contributed by atoms with E-state index in [1.807, 2.05) is 16.7 Å². The number of amides is 1. The number of nitrogens with zero attached hydrogens (tertiary/aromatic N) is 1. The molecule has 1 aromatic carbocycles. The molecule has 2 aromatic rings. The minimum Gasteiger partial charge on any atom is -0.494 e. The number of aromatic nitrogens is 1. The third-order valence-electron chi connectivity index (χ3n) is 3.34. The zero-order valence-electron chi connectivity index (χ0n) is 10.2. The van der Waals surface area contributed by atoms with E-state index in [1.165, 1.54) is 0 Å². The Bertz CT molecular complexity index is 648. The molecule has 0 saturated carbocycles. The summed E-state index contributed by atoms with van der Waals surface area (Å²) in [7, 11) is 1.58. The molecule has 4 nitrogen and oxygen atoms in total. The van der Waals surface area contributed by atoms with Gasteiger partial charge in [-0.25, -0.2) is 0 Å². The number of halogens is 1. The molecule has 0 bridgehead atoms. The van der Waals surface area contributed by atoms with Crippen molar-refractivity contribution in [3.63, 3.8) is 0 Å². The predicted octanol–water partition coefficient (Wildman–Crippen LogP) is 2.61. The highest BCUT2D eigenvalue weighted by Crippen LogP contribution is 2.38. The van der Waals surface area contributed by atoms with Gasteiger partial charge in [0, 0.05) is 23.0 Å². The second-order valence-electron chi connectivity index (χ2n) is 4.47.